The molecule has 0 spiro atoms. The smallest absolute Gasteiger partial charge is 0.00641 e. The molecule has 0 aliphatic heterocycles. The third kappa shape index (κ3) is 0.931. The number of hydrogen-bond donors (Lipinski definition) is 0. The van der Waals surface area contributed by atoms with Crippen molar-refractivity contribution in [1.82, 2.24) is 0 Å². The van der Waals surface area contributed by atoms with Gasteiger partial charge in [-0.2, -0.15) is 0 Å². The van der Waals surface area contributed by atoms with Crippen LogP contribution in [0.2, 0.25) is 0 Å². The molecule has 0 aromatic heterocycles. The number of rotatable bonds is 0. The van der Waals surface area contributed by atoms with Gasteiger partial charge in [0, 0.05) is 10.8 Å². The molecule has 2 fully saturated rings. The van der Waals surface area contributed by atoms with Crippen molar-refractivity contribution in [2.75, 3.05) is 0 Å². The normalized spacial score (nSPS) is 40.1. The van der Waals surface area contributed by atoms with Gasteiger partial charge in [-0.05, 0) is 35.8 Å². The molecule has 0 N–H and O–H groups in total. The van der Waals surface area contributed by atoms with Crippen molar-refractivity contribution in [3.8, 4) is 0 Å². The van der Waals surface area contributed by atoms with Crippen LogP contribution >= 0.6 is 0 Å². The monoisotopic (exact) mass is 224 g/mol. The Bertz CT molecular complexity index is 523. The summed E-state index contributed by atoms with van der Waals surface area (Å²) in [4.78, 5) is 0. The van der Waals surface area contributed by atoms with E-state index in [1.165, 1.54) is 31.2 Å². The molecule has 2 atom stereocenters. The summed E-state index contributed by atoms with van der Waals surface area (Å²) in [5, 5.41) is 0. The molecular formula is C17H20. The summed E-state index contributed by atoms with van der Waals surface area (Å²) in [7, 11) is 0. The molecule has 4 rings (SSSR count). The number of allylic oxidation sites excluding steroid dienone is 1. The SMILES string of the molecule is CC1(C)CCC[C@@]23C[C@@]12C=Cc1ccccc13. The van der Waals surface area contributed by atoms with Gasteiger partial charge in [0.25, 0.3) is 0 Å². The largest absolute Gasteiger partial charge is 0.0762 e. The lowest BCUT2D eigenvalue weighted by Crippen LogP contribution is -2.37. The predicted molar refractivity (Wildman–Crippen MR) is 71.8 cm³/mol. The van der Waals surface area contributed by atoms with Crippen LogP contribution in [0.4, 0.5) is 0 Å². The van der Waals surface area contributed by atoms with Crippen molar-refractivity contribution in [3.63, 3.8) is 0 Å². The van der Waals surface area contributed by atoms with E-state index in [0.29, 0.717) is 16.2 Å². The van der Waals surface area contributed by atoms with Crippen molar-refractivity contribution in [3.05, 3.63) is 41.5 Å². The highest BCUT2D eigenvalue weighted by atomic mass is 14.8. The zero-order valence-electron chi connectivity index (χ0n) is 10.8. The van der Waals surface area contributed by atoms with Crippen LogP contribution in [0.1, 0.15) is 50.7 Å². The van der Waals surface area contributed by atoms with E-state index in [1.807, 2.05) is 0 Å². The van der Waals surface area contributed by atoms with Crippen molar-refractivity contribution in [2.24, 2.45) is 10.8 Å². The van der Waals surface area contributed by atoms with Crippen LogP contribution in [-0.2, 0) is 5.41 Å². The second-order valence-corrected chi connectivity index (χ2v) is 6.89. The maximum absolute atomic E-state index is 2.55. The third-order valence-corrected chi connectivity index (χ3v) is 5.95. The fourth-order valence-corrected chi connectivity index (χ4v) is 4.91. The van der Waals surface area contributed by atoms with Crippen molar-refractivity contribution >= 4 is 6.08 Å². The standard InChI is InChI=1S/C17H20/c1-15(2)9-5-10-16-12-17(15,16)11-8-13-6-3-4-7-14(13)16/h3-4,6-8,11H,5,9-10,12H2,1-2H3/t16-,17-/m0/s1. The Labute approximate surface area is 104 Å². The quantitative estimate of drug-likeness (QED) is 0.606. The zero-order valence-corrected chi connectivity index (χ0v) is 10.8. The van der Waals surface area contributed by atoms with Gasteiger partial charge in [0.05, 0.1) is 0 Å². The molecule has 2 saturated carbocycles. The average molecular weight is 224 g/mol. The summed E-state index contributed by atoms with van der Waals surface area (Å²) in [5.41, 5.74) is 4.57. The highest BCUT2D eigenvalue weighted by Crippen LogP contribution is 2.80. The molecule has 0 unspecified atom stereocenters. The van der Waals surface area contributed by atoms with Gasteiger partial charge in [-0.1, -0.05) is 56.7 Å². The van der Waals surface area contributed by atoms with Gasteiger partial charge in [0.1, 0.15) is 0 Å². The molecule has 17 heavy (non-hydrogen) atoms. The van der Waals surface area contributed by atoms with Gasteiger partial charge in [0.2, 0.25) is 0 Å². The lowest BCUT2D eigenvalue weighted by Gasteiger charge is -2.44. The maximum atomic E-state index is 2.55. The molecule has 1 aromatic carbocycles. The fraction of sp³-hybridized carbons (Fsp3) is 0.529. The first-order valence-electron chi connectivity index (χ1n) is 6.90. The molecule has 0 nitrogen and oxygen atoms in total. The number of hydrogen-bond acceptors (Lipinski definition) is 0. The van der Waals surface area contributed by atoms with Crippen LogP contribution in [0.25, 0.3) is 6.08 Å². The Kier molecular flexibility index (Phi) is 1.57. The second kappa shape index (κ2) is 2.68. The van der Waals surface area contributed by atoms with Crippen molar-refractivity contribution in [1.29, 1.82) is 0 Å². The molecule has 1 aromatic rings. The lowest BCUT2D eigenvalue weighted by atomic mass is 9.60. The Morgan fingerprint density at radius 1 is 1.06 bits per heavy atom. The predicted octanol–water partition coefficient (Wildman–Crippen LogP) is 4.55. The molecule has 0 heteroatoms. The summed E-state index contributed by atoms with van der Waals surface area (Å²) in [6, 6.07) is 9.05. The second-order valence-electron chi connectivity index (χ2n) is 6.89. The summed E-state index contributed by atoms with van der Waals surface area (Å²) in [5.74, 6) is 0. The average Bonchev–Trinajstić information content (AvgIpc) is 3.01. The van der Waals surface area contributed by atoms with E-state index in [0.717, 1.165) is 0 Å². The molecule has 0 amide bonds. The van der Waals surface area contributed by atoms with Crippen LogP contribution in [0.5, 0.6) is 0 Å². The van der Waals surface area contributed by atoms with Gasteiger partial charge in [-0.15, -0.1) is 0 Å². The van der Waals surface area contributed by atoms with Gasteiger partial charge in [0.15, 0.2) is 0 Å². The van der Waals surface area contributed by atoms with Crippen LogP contribution in [0.15, 0.2) is 30.3 Å². The topological polar surface area (TPSA) is 0 Å². The Balaban J connectivity index is 1.96. The number of fused-ring (bicyclic) bond motifs is 1. The van der Waals surface area contributed by atoms with Crippen LogP contribution in [0, 0.1) is 10.8 Å². The van der Waals surface area contributed by atoms with Gasteiger partial charge >= 0.3 is 0 Å². The molecule has 0 heterocycles. The minimum atomic E-state index is 0.479. The Hall–Kier alpha value is -1.04. The zero-order chi connectivity index (χ0) is 11.7. The Morgan fingerprint density at radius 3 is 2.76 bits per heavy atom. The minimum absolute atomic E-state index is 0.479. The van der Waals surface area contributed by atoms with Crippen LogP contribution in [-0.4, -0.2) is 0 Å². The van der Waals surface area contributed by atoms with E-state index >= 15 is 0 Å². The molecular weight excluding hydrogens is 204 g/mol. The molecule has 0 radical (unpaired) electrons. The fourth-order valence-electron chi connectivity index (χ4n) is 4.91. The van der Waals surface area contributed by atoms with E-state index in [9.17, 15) is 0 Å². The molecule has 0 bridgehead atoms. The highest BCUT2D eigenvalue weighted by Gasteiger charge is 2.74. The van der Waals surface area contributed by atoms with E-state index < -0.39 is 0 Å². The lowest BCUT2D eigenvalue weighted by molar-refractivity contribution is 0.142. The van der Waals surface area contributed by atoms with Crippen molar-refractivity contribution in [2.45, 2.75) is 44.9 Å². The van der Waals surface area contributed by atoms with Crippen molar-refractivity contribution < 1.29 is 0 Å². The summed E-state index contributed by atoms with van der Waals surface area (Å²) >= 11 is 0. The van der Waals surface area contributed by atoms with Crippen LogP contribution in [0.3, 0.4) is 0 Å². The first kappa shape index (κ1) is 9.94. The summed E-state index contributed by atoms with van der Waals surface area (Å²) < 4.78 is 0. The Morgan fingerprint density at radius 2 is 1.88 bits per heavy atom. The molecule has 3 aliphatic rings. The van der Waals surface area contributed by atoms with E-state index in [-0.39, 0.29) is 0 Å². The maximum Gasteiger partial charge on any atom is 0.00641 e. The van der Waals surface area contributed by atoms with Gasteiger partial charge in [-0.3, -0.25) is 0 Å². The molecule has 88 valence electrons. The van der Waals surface area contributed by atoms with Gasteiger partial charge < -0.3 is 0 Å². The first-order chi connectivity index (χ1) is 8.11. The summed E-state index contributed by atoms with van der Waals surface area (Å²) in [6.07, 6.45) is 10.5. The van der Waals surface area contributed by atoms with Crippen LogP contribution < -0.4 is 0 Å². The highest BCUT2D eigenvalue weighted by molar-refractivity contribution is 5.67. The van der Waals surface area contributed by atoms with E-state index in [2.05, 4.69) is 50.3 Å². The van der Waals surface area contributed by atoms with E-state index in [4.69, 9.17) is 0 Å². The number of benzene rings is 1. The molecule has 0 saturated heterocycles. The molecule has 3 aliphatic carbocycles. The first-order valence-corrected chi connectivity index (χ1v) is 6.90. The third-order valence-electron chi connectivity index (χ3n) is 5.95. The minimum Gasteiger partial charge on any atom is -0.0762 e. The van der Waals surface area contributed by atoms with E-state index in [1.54, 1.807) is 5.56 Å². The van der Waals surface area contributed by atoms with Gasteiger partial charge in [-0.25, -0.2) is 0 Å². The summed E-state index contributed by atoms with van der Waals surface area (Å²) in [6.45, 7) is 4.96.